The fraction of sp³-hybridized carbons (Fsp3) is 0.333. The summed E-state index contributed by atoms with van der Waals surface area (Å²) in [6.45, 7) is 2.28. The van der Waals surface area contributed by atoms with Crippen LogP contribution in [0.25, 0.3) is 0 Å². The summed E-state index contributed by atoms with van der Waals surface area (Å²) in [5, 5.41) is 3.12. The van der Waals surface area contributed by atoms with Crippen LogP contribution in [-0.2, 0) is 9.59 Å². The van der Waals surface area contributed by atoms with Crippen LogP contribution in [0.2, 0.25) is 5.02 Å². The number of anilines is 3. The number of hydrogen-bond donors (Lipinski definition) is 1. The number of hydrogen-bond acceptors (Lipinski definition) is 5. The molecule has 2 aliphatic rings. The van der Waals surface area contributed by atoms with Crippen molar-refractivity contribution in [3.63, 3.8) is 0 Å². The maximum atomic E-state index is 14.0. The summed E-state index contributed by atoms with van der Waals surface area (Å²) >= 11 is 6.36. The number of benzene rings is 2. The summed E-state index contributed by atoms with van der Waals surface area (Å²) in [6.07, 6.45) is 0. The third-order valence-corrected chi connectivity index (χ3v) is 5.59. The van der Waals surface area contributed by atoms with E-state index >= 15 is 0 Å². The number of carbonyl (C=O) groups excluding carboxylic acids is 2. The van der Waals surface area contributed by atoms with E-state index < -0.39 is 0 Å². The van der Waals surface area contributed by atoms with Gasteiger partial charge >= 0.3 is 0 Å². The number of nitrogens with one attached hydrogen (secondary N) is 1. The number of piperazine rings is 1. The van der Waals surface area contributed by atoms with Gasteiger partial charge in [-0.3, -0.25) is 9.59 Å². The smallest absolute Gasteiger partial charge is 0.262 e. The van der Waals surface area contributed by atoms with Gasteiger partial charge in [-0.05, 0) is 18.2 Å². The Morgan fingerprint density at radius 2 is 1.97 bits per heavy atom. The standard InChI is InChI=1S/C21H22ClFN4O3/c1-25(18-11-19-16(10-14(18)22)24-20(28)13-30-19)12-21(29)27-8-6-26(7-9-27)17-5-3-2-4-15(17)23/h2-5,10-11H,6-9,12-13H2,1H3,(H,24,28). The van der Waals surface area contributed by atoms with Crippen molar-refractivity contribution in [1.29, 1.82) is 0 Å². The largest absolute Gasteiger partial charge is 0.482 e. The molecule has 0 saturated carbocycles. The molecular formula is C21H22ClFN4O3. The molecule has 7 nitrogen and oxygen atoms in total. The van der Waals surface area contributed by atoms with E-state index in [0.29, 0.717) is 54.0 Å². The zero-order chi connectivity index (χ0) is 21.3. The summed E-state index contributed by atoms with van der Waals surface area (Å²) in [7, 11) is 1.78. The van der Waals surface area contributed by atoms with Crippen LogP contribution in [0.15, 0.2) is 36.4 Å². The summed E-state index contributed by atoms with van der Waals surface area (Å²) in [5.41, 5.74) is 1.73. The van der Waals surface area contributed by atoms with Crippen molar-refractivity contribution in [3.05, 3.63) is 47.2 Å². The van der Waals surface area contributed by atoms with Crippen LogP contribution in [-0.4, -0.2) is 63.1 Å². The minimum absolute atomic E-state index is 0.0336. The van der Waals surface area contributed by atoms with Gasteiger partial charge in [0.25, 0.3) is 5.91 Å². The molecule has 0 radical (unpaired) electrons. The first-order valence-corrected chi connectivity index (χ1v) is 10.0. The molecule has 2 aromatic rings. The number of fused-ring (bicyclic) bond motifs is 1. The number of likely N-dealkylation sites (N-methyl/N-ethyl adjacent to an activating group) is 1. The Hall–Kier alpha value is -3.00. The lowest BCUT2D eigenvalue weighted by Gasteiger charge is -2.37. The maximum absolute atomic E-state index is 14.0. The summed E-state index contributed by atoms with van der Waals surface area (Å²) in [4.78, 5) is 29.7. The normalized spacial score (nSPS) is 15.9. The zero-order valence-corrected chi connectivity index (χ0v) is 17.3. The second-order valence-electron chi connectivity index (χ2n) is 7.31. The zero-order valence-electron chi connectivity index (χ0n) is 16.5. The SMILES string of the molecule is CN(CC(=O)N1CCN(c2ccccc2F)CC1)c1cc2c(cc1Cl)NC(=O)CO2. The predicted molar refractivity (Wildman–Crippen MR) is 114 cm³/mol. The van der Waals surface area contributed by atoms with E-state index in [1.807, 2.05) is 11.0 Å². The lowest BCUT2D eigenvalue weighted by atomic mass is 10.2. The first-order valence-electron chi connectivity index (χ1n) is 9.67. The number of para-hydroxylation sites is 1. The molecule has 0 bridgehead atoms. The second kappa shape index (κ2) is 8.39. The van der Waals surface area contributed by atoms with Crippen molar-refractivity contribution in [3.8, 4) is 5.75 Å². The Bertz CT molecular complexity index is 979. The molecule has 0 aliphatic carbocycles. The number of halogens is 2. The van der Waals surface area contributed by atoms with Crippen molar-refractivity contribution >= 4 is 40.5 Å². The van der Waals surface area contributed by atoms with Gasteiger partial charge in [-0.15, -0.1) is 0 Å². The molecule has 0 unspecified atom stereocenters. The van der Waals surface area contributed by atoms with E-state index in [-0.39, 0.29) is 30.8 Å². The summed E-state index contributed by atoms with van der Waals surface area (Å²) in [6, 6.07) is 10.0. The number of amides is 2. The fourth-order valence-corrected chi connectivity index (χ4v) is 3.98. The van der Waals surface area contributed by atoms with E-state index in [0.717, 1.165) is 0 Å². The van der Waals surface area contributed by atoms with Crippen molar-refractivity contribution < 1.29 is 18.7 Å². The molecule has 9 heteroatoms. The second-order valence-corrected chi connectivity index (χ2v) is 7.72. The van der Waals surface area contributed by atoms with Crippen molar-refractivity contribution in [1.82, 2.24) is 4.90 Å². The number of ether oxygens (including phenoxy) is 1. The molecule has 1 saturated heterocycles. The van der Waals surface area contributed by atoms with Gasteiger partial charge in [-0.1, -0.05) is 23.7 Å². The highest BCUT2D eigenvalue weighted by Crippen LogP contribution is 2.37. The van der Waals surface area contributed by atoms with Gasteiger partial charge in [0.1, 0.15) is 11.6 Å². The maximum Gasteiger partial charge on any atom is 0.262 e. The van der Waals surface area contributed by atoms with Crippen LogP contribution < -0.4 is 19.9 Å². The molecule has 2 amide bonds. The highest BCUT2D eigenvalue weighted by molar-refractivity contribution is 6.33. The van der Waals surface area contributed by atoms with Gasteiger partial charge in [0.05, 0.1) is 28.6 Å². The van der Waals surface area contributed by atoms with Crippen molar-refractivity contribution in [2.45, 2.75) is 0 Å². The van der Waals surface area contributed by atoms with Crippen LogP contribution in [0, 0.1) is 5.82 Å². The highest BCUT2D eigenvalue weighted by atomic mass is 35.5. The predicted octanol–water partition coefficient (Wildman–Crippen LogP) is 2.60. The third-order valence-electron chi connectivity index (χ3n) is 5.29. The van der Waals surface area contributed by atoms with E-state index in [1.54, 1.807) is 41.1 Å². The minimum atomic E-state index is -0.252. The number of rotatable bonds is 4. The molecule has 30 heavy (non-hydrogen) atoms. The lowest BCUT2D eigenvalue weighted by molar-refractivity contribution is -0.130. The first-order chi connectivity index (χ1) is 14.4. The average molecular weight is 433 g/mol. The quantitative estimate of drug-likeness (QED) is 0.804. The Morgan fingerprint density at radius 1 is 1.23 bits per heavy atom. The van der Waals surface area contributed by atoms with Crippen LogP contribution in [0.4, 0.5) is 21.5 Å². The Balaban J connectivity index is 1.38. The van der Waals surface area contributed by atoms with Crippen LogP contribution >= 0.6 is 11.6 Å². The molecule has 0 atom stereocenters. The first kappa shape index (κ1) is 20.3. The van der Waals surface area contributed by atoms with Gasteiger partial charge in [0, 0.05) is 39.3 Å². The molecule has 1 N–H and O–H groups in total. The molecule has 4 rings (SSSR count). The topological polar surface area (TPSA) is 65.1 Å². The van der Waals surface area contributed by atoms with Gasteiger partial charge in [-0.2, -0.15) is 0 Å². The van der Waals surface area contributed by atoms with Crippen LogP contribution in [0.3, 0.4) is 0 Å². The summed E-state index contributed by atoms with van der Waals surface area (Å²) < 4.78 is 19.4. The molecule has 1 fully saturated rings. The Morgan fingerprint density at radius 3 is 2.70 bits per heavy atom. The third kappa shape index (κ3) is 4.14. The summed E-state index contributed by atoms with van der Waals surface area (Å²) in [5.74, 6) is 0.00217. The van der Waals surface area contributed by atoms with Gasteiger partial charge < -0.3 is 24.8 Å². The monoisotopic (exact) mass is 432 g/mol. The Kier molecular flexibility index (Phi) is 5.67. The average Bonchev–Trinajstić information content (AvgIpc) is 2.73. The van der Waals surface area contributed by atoms with Crippen LogP contribution in [0.5, 0.6) is 5.75 Å². The molecule has 158 valence electrons. The van der Waals surface area contributed by atoms with Crippen molar-refractivity contribution in [2.75, 3.05) is 61.5 Å². The van der Waals surface area contributed by atoms with Gasteiger partial charge in [0.2, 0.25) is 5.91 Å². The fourth-order valence-electron chi connectivity index (χ4n) is 3.67. The van der Waals surface area contributed by atoms with Gasteiger partial charge in [-0.25, -0.2) is 4.39 Å². The molecule has 0 aromatic heterocycles. The van der Waals surface area contributed by atoms with Crippen LogP contribution in [0.1, 0.15) is 0 Å². The van der Waals surface area contributed by atoms with Crippen molar-refractivity contribution in [2.24, 2.45) is 0 Å². The number of nitrogens with zero attached hydrogens (tertiary/aromatic N) is 3. The molecule has 0 spiro atoms. The van der Waals surface area contributed by atoms with Gasteiger partial charge in [0.15, 0.2) is 6.61 Å². The molecule has 2 aromatic carbocycles. The Labute approximate surface area is 178 Å². The van der Waals surface area contributed by atoms with E-state index in [9.17, 15) is 14.0 Å². The minimum Gasteiger partial charge on any atom is -0.482 e. The molecule has 2 aliphatic heterocycles. The lowest BCUT2D eigenvalue weighted by Crippen LogP contribution is -2.51. The number of carbonyl (C=O) groups is 2. The molecular weight excluding hydrogens is 411 g/mol. The highest BCUT2D eigenvalue weighted by Gasteiger charge is 2.25. The van der Waals surface area contributed by atoms with E-state index in [4.69, 9.17) is 16.3 Å². The van der Waals surface area contributed by atoms with E-state index in [1.165, 1.54) is 6.07 Å². The molecule has 2 heterocycles. The van der Waals surface area contributed by atoms with E-state index in [2.05, 4.69) is 5.32 Å².